The summed E-state index contributed by atoms with van der Waals surface area (Å²) in [6, 6.07) is 0. The van der Waals surface area contributed by atoms with Crippen LogP contribution in [0.3, 0.4) is 0 Å². The first-order chi connectivity index (χ1) is 6.14. The Morgan fingerprint density at radius 1 is 1.29 bits per heavy atom. The molecule has 0 saturated carbocycles. The zero-order valence-electron chi connectivity index (χ0n) is 9.28. The summed E-state index contributed by atoms with van der Waals surface area (Å²) in [4.78, 5) is 11.2. The van der Waals surface area contributed by atoms with Gasteiger partial charge >= 0.3 is 5.97 Å². The Morgan fingerprint density at radius 2 is 1.71 bits per heavy atom. The van der Waals surface area contributed by atoms with E-state index < -0.39 is 0 Å². The van der Waals surface area contributed by atoms with Crippen LogP contribution in [0, 0.1) is 0 Å². The summed E-state index contributed by atoms with van der Waals surface area (Å²) in [7, 11) is 0. The second-order valence-electron chi connectivity index (χ2n) is 3.10. The Morgan fingerprint density at radius 3 is 2.00 bits per heavy atom. The molecule has 0 aliphatic carbocycles. The molecule has 0 aliphatic heterocycles. The SMILES string of the molecule is Br.C=COC(=O)C[N+](CC)(CC)CC. The Labute approximate surface area is 97.1 Å². The minimum Gasteiger partial charge on any atom is -0.431 e. The van der Waals surface area contributed by atoms with Crippen molar-refractivity contribution < 1.29 is 14.0 Å². The number of rotatable bonds is 6. The average molecular weight is 267 g/mol. The third kappa shape index (κ3) is 4.77. The summed E-state index contributed by atoms with van der Waals surface area (Å²) < 4.78 is 5.50. The zero-order chi connectivity index (χ0) is 10.3. The van der Waals surface area contributed by atoms with Crippen molar-refractivity contribution in [2.45, 2.75) is 20.8 Å². The van der Waals surface area contributed by atoms with Crippen molar-refractivity contribution >= 4 is 23.0 Å². The normalized spacial score (nSPS) is 10.2. The fraction of sp³-hybridized carbons (Fsp3) is 0.700. The average Bonchev–Trinajstić information content (AvgIpc) is 2.15. The molecule has 0 aromatic carbocycles. The molecule has 0 rings (SSSR count). The van der Waals surface area contributed by atoms with Crippen LogP contribution in [-0.2, 0) is 9.53 Å². The molecule has 0 unspecified atom stereocenters. The van der Waals surface area contributed by atoms with Gasteiger partial charge in [0.15, 0.2) is 6.54 Å². The largest absolute Gasteiger partial charge is 0.431 e. The zero-order valence-corrected chi connectivity index (χ0v) is 11.0. The smallest absolute Gasteiger partial charge is 0.366 e. The van der Waals surface area contributed by atoms with E-state index in [-0.39, 0.29) is 23.0 Å². The van der Waals surface area contributed by atoms with Gasteiger partial charge < -0.3 is 9.22 Å². The van der Waals surface area contributed by atoms with Gasteiger partial charge in [0.05, 0.1) is 25.9 Å². The number of likely N-dealkylation sites (N-methyl/N-ethyl adjacent to an activating group) is 1. The van der Waals surface area contributed by atoms with E-state index >= 15 is 0 Å². The third-order valence-electron chi connectivity index (χ3n) is 2.69. The quantitative estimate of drug-likeness (QED) is 0.418. The van der Waals surface area contributed by atoms with Gasteiger partial charge in [-0.05, 0) is 20.8 Å². The topological polar surface area (TPSA) is 26.3 Å². The lowest BCUT2D eigenvalue weighted by Gasteiger charge is -2.34. The van der Waals surface area contributed by atoms with E-state index in [9.17, 15) is 4.79 Å². The molecule has 0 aliphatic rings. The van der Waals surface area contributed by atoms with E-state index in [1.807, 2.05) is 0 Å². The first-order valence-corrected chi connectivity index (χ1v) is 4.79. The molecule has 0 atom stereocenters. The molecule has 84 valence electrons. The number of hydrogen-bond donors (Lipinski definition) is 0. The van der Waals surface area contributed by atoms with Crippen LogP contribution >= 0.6 is 17.0 Å². The molecule has 0 aromatic heterocycles. The van der Waals surface area contributed by atoms with Gasteiger partial charge in [-0.25, -0.2) is 4.79 Å². The van der Waals surface area contributed by atoms with Crippen LogP contribution in [0.1, 0.15) is 20.8 Å². The van der Waals surface area contributed by atoms with E-state index in [2.05, 4.69) is 27.4 Å². The van der Waals surface area contributed by atoms with Crippen molar-refractivity contribution in [1.29, 1.82) is 0 Å². The summed E-state index contributed by atoms with van der Waals surface area (Å²) in [5, 5.41) is 0. The highest BCUT2D eigenvalue weighted by atomic mass is 79.9. The standard InChI is InChI=1S/C10H20NO2.BrH/c1-5-11(6-2,7-3)9-10(12)13-8-4;/h8H,4-7,9H2,1-3H3;1H/q+1;. The first kappa shape index (κ1) is 16.1. The van der Waals surface area contributed by atoms with E-state index in [1.54, 1.807) is 0 Å². The van der Waals surface area contributed by atoms with Crippen LogP contribution in [0.2, 0.25) is 0 Å². The first-order valence-electron chi connectivity index (χ1n) is 4.79. The van der Waals surface area contributed by atoms with Crippen molar-refractivity contribution in [1.82, 2.24) is 0 Å². The van der Waals surface area contributed by atoms with Crippen molar-refractivity contribution in [3.05, 3.63) is 12.8 Å². The van der Waals surface area contributed by atoms with Gasteiger partial charge in [-0.2, -0.15) is 0 Å². The highest BCUT2D eigenvalue weighted by molar-refractivity contribution is 8.93. The summed E-state index contributed by atoms with van der Waals surface area (Å²) in [5.41, 5.74) is 0. The molecule has 3 nitrogen and oxygen atoms in total. The molecule has 0 saturated heterocycles. The monoisotopic (exact) mass is 266 g/mol. The summed E-state index contributed by atoms with van der Waals surface area (Å²) in [5.74, 6) is -0.194. The maximum atomic E-state index is 11.2. The molecular weight excluding hydrogens is 246 g/mol. The van der Waals surface area contributed by atoms with Crippen molar-refractivity contribution in [2.75, 3.05) is 26.2 Å². The fourth-order valence-corrected chi connectivity index (χ4v) is 1.41. The minimum absolute atomic E-state index is 0. The Hall–Kier alpha value is -0.350. The molecule has 0 amide bonds. The second-order valence-corrected chi connectivity index (χ2v) is 3.10. The minimum atomic E-state index is -0.194. The molecule has 14 heavy (non-hydrogen) atoms. The molecule has 0 aromatic rings. The molecule has 0 radical (unpaired) electrons. The van der Waals surface area contributed by atoms with Crippen LogP contribution < -0.4 is 0 Å². The van der Waals surface area contributed by atoms with Crippen LogP contribution in [0.15, 0.2) is 12.8 Å². The molecule has 0 fully saturated rings. The van der Waals surface area contributed by atoms with Crippen molar-refractivity contribution in [3.63, 3.8) is 0 Å². The maximum absolute atomic E-state index is 11.2. The van der Waals surface area contributed by atoms with Gasteiger partial charge in [-0.15, -0.1) is 17.0 Å². The number of nitrogens with zero attached hydrogens (tertiary/aromatic N) is 1. The summed E-state index contributed by atoms with van der Waals surface area (Å²) in [6.45, 7) is 12.9. The predicted molar refractivity (Wildman–Crippen MR) is 63.4 cm³/mol. The number of hydrogen-bond acceptors (Lipinski definition) is 2. The van der Waals surface area contributed by atoms with Gasteiger partial charge in [-0.3, -0.25) is 0 Å². The number of quaternary nitrogens is 1. The number of carbonyl (C=O) groups is 1. The lowest BCUT2D eigenvalue weighted by atomic mass is 10.3. The Bertz CT molecular complexity index is 171. The second kappa shape index (κ2) is 8.00. The van der Waals surface area contributed by atoms with Crippen molar-refractivity contribution in [3.8, 4) is 0 Å². The van der Waals surface area contributed by atoms with E-state index in [0.717, 1.165) is 24.1 Å². The van der Waals surface area contributed by atoms with Crippen molar-refractivity contribution in [2.24, 2.45) is 0 Å². The van der Waals surface area contributed by atoms with E-state index in [4.69, 9.17) is 4.74 Å². The number of ether oxygens (including phenoxy) is 1. The Balaban J connectivity index is 0. The number of carbonyl (C=O) groups excluding carboxylic acids is 1. The van der Waals surface area contributed by atoms with Crippen LogP contribution in [0.5, 0.6) is 0 Å². The van der Waals surface area contributed by atoms with Gasteiger partial charge in [0.1, 0.15) is 0 Å². The van der Waals surface area contributed by atoms with E-state index in [0.29, 0.717) is 6.54 Å². The van der Waals surface area contributed by atoms with Crippen LogP contribution in [0.4, 0.5) is 0 Å². The summed E-state index contributed by atoms with van der Waals surface area (Å²) in [6.07, 6.45) is 1.19. The molecule has 0 heterocycles. The number of esters is 1. The predicted octanol–water partition coefficient (Wildman–Crippen LogP) is 2.13. The van der Waals surface area contributed by atoms with Gasteiger partial charge in [0, 0.05) is 0 Å². The Kier molecular flexibility index (Phi) is 9.20. The van der Waals surface area contributed by atoms with Crippen LogP contribution in [0.25, 0.3) is 0 Å². The molecular formula is C10H21BrNO2+. The van der Waals surface area contributed by atoms with Gasteiger partial charge in [0.25, 0.3) is 0 Å². The lowest BCUT2D eigenvalue weighted by molar-refractivity contribution is -0.916. The molecule has 4 heteroatoms. The summed E-state index contributed by atoms with van der Waals surface area (Å²) >= 11 is 0. The van der Waals surface area contributed by atoms with Crippen LogP contribution in [-0.4, -0.2) is 36.6 Å². The number of halogens is 1. The third-order valence-corrected chi connectivity index (χ3v) is 2.69. The molecule has 0 spiro atoms. The van der Waals surface area contributed by atoms with Gasteiger partial charge in [0.2, 0.25) is 0 Å². The lowest BCUT2D eigenvalue weighted by Crippen LogP contribution is -2.50. The highest BCUT2D eigenvalue weighted by Gasteiger charge is 2.25. The molecule has 0 bridgehead atoms. The maximum Gasteiger partial charge on any atom is 0.366 e. The fourth-order valence-electron chi connectivity index (χ4n) is 1.41. The van der Waals surface area contributed by atoms with Gasteiger partial charge in [-0.1, -0.05) is 6.58 Å². The highest BCUT2D eigenvalue weighted by Crippen LogP contribution is 2.05. The van der Waals surface area contributed by atoms with E-state index in [1.165, 1.54) is 6.26 Å². The molecule has 0 N–H and O–H groups in total.